The van der Waals surface area contributed by atoms with E-state index in [4.69, 9.17) is 0 Å². The van der Waals surface area contributed by atoms with Crippen LogP contribution >= 0.6 is 0 Å². The molecule has 0 aliphatic carbocycles. The van der Waals surface area contributed by atoms with Crippen molar-refractivity contribution in [2.45, 2.75) is 11.8 Å². The zero-order chi connectivity index (χ0) is 19.2. The first-order valence-electron chi connectivity index (χ1n) is 8.15. The normalized spacial score (nSPS) is 11.2. The predicted molar refractivity (Wildman–Crippen MR) is 105 cm³/mol. The Balaban J connectivity index is 2.01. The highest BCUT2D eigenvalue weighted by molar-refractivity contribution is 7.92. The van der Waals surface area contributed by atoms with E-state index in [9.17, 15) is 13.2 Å². The zero-order valence-corrected chi connectivity index (χ0v) is 15.9. The summed E-state index contributed by atoms with van der Waals surface area (Å²) in [7, 11) is 0.315. The van der Waals surface area contributed by atoms with Gasteiger partial charge in [-0.3, -0.25) is 9.52 Å². The number of likely N-dealkylation sites (N-methyl/N-ethyl adjacent to an activating group) is 1. The van der Waals surface area contributed by atoms with Gasteiger partial charge in [0, 0.05) is 37.1 Å². The van der Waals surface area contributed by atoms with Crippen LogP contribution in [0, 0.1) is 0 Å². The van der Waals surface area contributed by atoms with Gasteiger partial charge in [-0.05, 0) is 62.6 Å². The molecule has 0 unspecified atom stereocenters. The highest BCUT2D eigenvalue weighted by atomic mass is 32.2. The standard InChI is InChI=1S/C18H24N4O3S/c1-14(23)20-16-8-10-18(11-9-16)26(24,25)21-17-6-4-15(5-7-17)19-12-13-22(2)3/h4-11,19,21H,12-13H2,1-3H3,(H,20,23). The maximum absolute atomic E-state index is 12.4. The van der Waals surface area contributed by atoms with Crippen molar-refractivity contribution in [2.75, 3.05) is 42.5 Å². The maximum Gasteiger partial charge on any atom is 0.261 e. The Morgan fingerprint density at radius 3 is 2.00 bits per heavy atom. The Morgan fingerprint density at radius 2 is 1.46 bits per heavy atom. The molecule has 7 nitrogen and oxygen atoms in total. The number of hydrogen-bond acceptors (Lipinski definition) is 5. The first-order chi connectivity index (χ1) is 12.3. The Hall–Kier alpha value is -2.58. The van der Waals surface area contributed by atoms with Gasteiger partial charge in [0.05, 0.1) is 4.90 Å². The fraction of sp³-hybridized carbons (Fsp3) is 0.278. The molecule has 0 aliphatic rings. The predicted octanol–water partition coefficient (Wildman–Crippen LogP) is 2.42. The lowest BCUT2D eigenvalue weighted by atomic mass is 10.3. The molecule has 3 N–H and O–H groups in total. The average Bonchev–Trinajstić information content (AvgIpc) is 2.56. The van der Waals surface area contributed by atoms with Crippen molar-refractivity contribution in [3.63, 3.8) is 0 Å². The number of nitrogens with zero attached hydrogens (tertiary/aromatic N) is 1. The van der Waals surface area contributed by atoms with Crippen molar-refractivity contribution >= 4 is 33.0 Å². The quantitative estimate of drug-likeness (QED) is 0.658. The van der Waals surface area contributed by atoms with Crippen molar-refractivity contribution in [1.29, 1.82) is 0 Å². The summed E-state index contributed by atoms with van der Waals surface area (Å²) in [6.07, 6.45) is 0. The van der Waals surface area contributed by atoms with Gasteiger partial charge in [0.25, 0.3) is 10.0 Å². The molecule has 0 radical (unpaired) electrons. The molecule has 0 fully saturated rings. The van der Waals surface area contributed by atoms with Gasteiger partial charge in [0.15, 0.2) is 0 Å². The minimum absolute atomic E-state index is 0.125. The van der Waals surface area contributed by atoms with Gasteiger partial charge in [0.1, 0.15) is 0 Å². The van der Waals surface area contributed by atoms with Crippen molar-refractivity contribution in [3.8, 4) is 0 Å². The Bertz CT molecular complexity index is 832. The number of nitrogens with one attached hydrogen (secondary N) is 3. The molecule has 0 atom stereocenters. The molecule has 1 amide bonds. The van der Waals surface area contributed by atoms with Crippen molar-refractivity contribution in [2.24, 2.45) is 0 Å². The molecular weight excluding hydrogens is 352 g/mol. The third-order valence-electron chi connectivity index (χ3n) is 3.51. The molecule has 26 heavy (non-hydrogen) atoms. The summed E-state index contributed by atoms with van der Waals surface area (Å²) in [5, 5.41) is 5.86. The number of anilines is 3. The fourth-order valence-electron chi connectivity index (χ4n) is 2.21. The summed E-state index contributed by atoms with van der Waals surface area (Å²) in [6, 6.07) is 13.1. The summed E-state index contributed by atoms with van der Waals surface area (Å²) in [5.41, 5.74) is 1.95. The summed E-state index contributed by atoms with van der Waals surface area (Å²) >= 11 is 0. The molecule has 2 aromatic carbocycles. The van der Waals surface area contributed by atoms with Crippen LogP contribution in [0.15, 0.2) is 53.4 Å². The molecule has 0 aromatic heterocycles. The topological polar surface area (TPSA) is 90.5 Å². The van der Waals surface area contributed by atoms with Crippen LogP contribution in [0.25, 0.3) is 0 Å². The van der Waals surface area contributed by atoms with E-state index in [2.05, 4.69) is 20.3 Å². The SMILES string of the molecule is CC(=O)Nc1ccc(S(=O)(=O)Nc2ccc(NCCN(C)C)cc2)cc1. The lowest BCUT2D eigenvalue weighted by molar-refractivity contribution is -0.114. The largest absolute Gasteiger partial charge is 0.384 e. The van der Waals surface area contributed by atoms with Gasteiger partial charge in [-0.1, -0.05) is 0 Å². The van der Waals surface area contributed by atoms with Crippen LogP contribution in [-0.2, 0) is 14.8 Å². The molecule has 0 bridgehead atoms. The smallest absolute Gasteiger partial charge is 0.261 e. The molecule has 0 saturated heterocycles. The molecule has 8 heteroatoms. The van der Waals surface area contributed by atoms with E-state index in [0.29, 0.717) is 11.4 Å². The van der Waals surface area contributed by atoms with Gasteiger partial charge in [-0.2, -0.15) is 0 Å². The first-order valence-corrected chi connectivity index (χ1v) is 9.64. The Labute approximate surface area is 154 Å². The number of rotatable bonds is 8. The van der Waals surface area contributed by atoms with E-state index in [-0.39, 0.29) is 10.8 Å². The summed E-state index contributed by atoms with van der Waals surface area (Å²) in [5.74, 6) is -0.210. The molecule has 0 aliphatic heterocycles. The third kappa shape index (κ3) is 6.05. The van der Waals surface area contributed by atoms with Gasteiger partial charge in [-0.15, -0.1) is 0 Å². The number of sulfonamides is 1. The van der Waals surface area contributed by atoms with Crippen molar-refractivity contribution in [3.05, 3.63) is 48.5 Å². The summed E-state index contributed by atoms with van der Waals surface area (Å²) in [4.78, 5) is 13.2. The lowest BCUT2D eigenvalue weighted by Gasteiger charge is -2.12. The minimum Gasteiger partial charge on any atom is -0.384 e. The molecule has 2 rings (SSSR count). The summed E-state index contributed by atoms with van der Waals surface area (Å²) in [6.45, 7) is 3.10. The van der Waals surface area contributed by atoms with Crippen LogP contribution in [0.4, 0.5) is 17.1 Å². The second-order valence-corrected chi connectivity index (χ2v) is 7.80. The summed E-state index contributed by atoms with van der Waals surface area (Å²) < 4.78 is 27.4. The Morgan fingerprint density at radius 1 is 0.923 bits per heavy atom. The van der Waals surface area contributed by atoms with Crippen LogP contribution in [0.3, 0.4) is 0 Å². The first kappa shape index (κ1) is 19.7. The van der Waals surface area contributed by atoms with Crippen molar-refractivity contribution in [1.82, 2.24) is 4.90 Å². The fourth-order valence-corrected chi connectivity index (χ4v) is 3.27. The van der Waals surface area contributed by atoms with E-state index < -0.39 is 10.0 Å². The van der Waals surface area contributed by atoms with Crippen LogP contribution in [0.5, 0.6) is 0 Å². The molecular formula is C18H24N4O3S. The molecule has 0 heterocycles. The average molecular weight is 376 g/mol. The van der Waals surface area contributed by atoms with E-state index in [1.165, 1.54) is 19.1 Å². The molecule has 140 valence electrons. The Kier molecular flexibility index (Phi) is 6.59. The lowest BCUT2D eigenvalue weighted by Crippen LogP contribution is -2.20. The highest BCUT2D eigenvalue weighted by Crippen LogP contribution is 2.20. The maximum atomic E-state index is 12.4. The molecule has 0 spiro atoms. The number of carbonyl (C=O) groups is 1. The monoisotopic (exact) mass is 376 g/mol. The van der Waals surface area contributed by atoms with Crippen LogP contribution in [-0.4, -0.2) is 46.4 Å². The van der Waals surface area contributed by atoms with E-state index in [1.807, 2.05) is 26.2 Å². The third-order valence-corrected chi connectivity index (χ3v) is 4.91. The van der Waals surface area contributed by atoms with E-state index >= 15 is 0 Å². The number of amides is 1. The van der Waals surface area contributed by atoms with Gasteiger partial charge in [0.2, 0.25) is 5.91 Å². The van der Waals surface area contributed by atoms with Crippen LogP contribution < -0.4 is 15.4 Å². The van der Waals surface area contributed by atoms with Crippen LogP contribution in [0.2, 0.25) is 0 Å². The van der Waals surface area contributed by atoms with Crippen molar-refractivity contribution < 1.29 is 13.2 Å². The van der Waals surface area contributed by atoms with Gasteiger partial charge < -0.3 is 15.5 Å². The number of carbonyl (C=O) groups excluding carboxylic acids is 1. The van der Waals surface area contributed by atoms with Gasteiger partial charge >= 0.3 is 0 Å². The van der Waals surface area contributed by atoms with Crippen LogP contribution in [0.1, 0.15) is 6.92 Å². The molecule has 0 saturated carbocycles. The molecule has 2 aromatic rings. The number of benzene rings is 2. The van der Waals surface area contributed by atoms with E-state index in [1.54, 1.807) is 24.3 Å². The minimum atomic E-state index is -3.69. The van der Waals surface area contributed by atoms with E-state index in [0.717, 1.165) is 18.8 Å². The van der Waals surface area contributed by atoms with Gasteiger partial charge in [-0.25, -0.2) is 8.42 Å². The number of hydrogen-bond donors (Lipinski definition) is 3. The zero-order valence-electron chi connectivity index (χ0n) is 15.1. The second-order valence-electron chi connectivity index (χ2n) is 6.12. The highest BCUT2D eigenvalue weighted by Gasteiger charge is 2.14. The second kappa shape index (κ2) is 8.68.